The highest BCUT2D eigenvalue weighted by Crippen LogP contribution is 2.32. The summed E-state index contributed by atoms with van der Waals surface area (Å²) in [4.78, 5) is 23.7. The van der Waals surface area contributed by atoms with Crippen LogP contribution in [0.15, 0.2) is 46.9 Å². The lowest BCUT2D eigenvalue weighted by molar-refractivity contribution is -0.142. The molecule has 1 amide bonds. The van der Waals surface area contributed by atoms with Crippen molar-refractivity contribution in [2.24, 2.45) is 0 Å². The number of carbonyl (C=O) groups excluding carboxylic acids is 2. The lowest BCUT2D eigenvalue weighted by atomic mass is 10.0. The highest BCUT2D eigenvalue weighted by molar-refractivity contribution is 6.35. The van der Waals surface area contributed by atoms with Gasteiger partial charge in [0, 0.05) is 23.2 Å². The topological polar surface area (TPSA) is 68.5 Å². The monoisotopic (exact) mass is 431 g/mol. The summed E-state index contributed by atoms with van der Waals surface area (Å²) >= 11 is 12.2. The van der Waals surface area contributed by atoms with Crippen LogP contribution in [0.1, 0.15) is 34.2 Å². The molecule has 1 N–H and O–H groups in total. The standard InChI is InChI=1S/C22H19Cl2NO4/c1-12-8-15(11-28-14(3)26)9-13(2)21(12)25-22(27)20-7-6-19(29-20)17-10-16(23)4-5-18(17)24/h4-10H,11H2,1-3H3,(H,25,27). The van der Waals surface area contributed by atoms with Crippen molar-refractivity contribution < 1.29 is 18.7 Å². The largest absolute Gasteiger partial charge is 0.461 e. The second kappa shape index (κ2) is 8.72. The van der Waals surface area contributed by atoms with Crippen LogP contribution in [0.4, 0.5) is 5.69 Å². The third kappa shape index (κ3) is 5.00. The normalized spacial score (nSPS) is 10.7. The van der Waals surface area contributed by atoms with E-state index in [-0.39, 0.29) is 24.2 Å². The molecule has 1 aromatic heterocycles. The molecule has 0 saturated heterocycles. The summed E-state index contributed by atoms with van der Waals surface area (Å²) in [6, 6.07) is 12.0. The molecule has 150 valence electrons. The maximum atomic E-state index is 12.7. The van der Waals surface area contributed by atoms with Crippen molar-refractivity contribution in [2.75, 3.05) is 5.32 Å². The lowest BCUT2D eigenvalue weighted by Crippen LogP contribution is -2.13. The van der Waals surface area contributed by atoms with E-state index in [9.17, 15) is 9.59 Å². The van der Waals surface area contributed by atoms with Crippen molar-refractivity contribution in [3.05, 3.63) is 75.0 Å². The molecule has 1 heterocycles. The zero-order valence-electron chi connectivity index (χ0n) is 16.1. The summed E-state index contributed by atoms with van der Waals surface area (Å²) in [5.74, 6) is -0.119. The Labute approximate surface area is 178 Å². The number of carbonyl (C=O) groups is 2. The molecule has 0 fully saturated rings. The number of nitrogens with one attached hydrogen (secondary N) is 1. The number of hydrogen-bond acceptors (Lipinski definition) is 4. The van der Waals surface area contributed by atoms with Crippen LogP contribution in [0.3, 0.4) is 0 Å². The van der Waals surface area contributed by atoms with Gasteiger partial charge in [-0.25, -0.2) is 0 Å². The van der Waals surface area contributed by atoms with Gasteiger partial charge >= 0.3 is 5.97 Å². The van der Waals surface area contributed by atoms with Gasteiger partial charge in [-0.15, -0.1) is 0 Å². The van der Waals surface area contributed by atoms with Gasteiger partial charge < -0.3 is 14.5 Å². The molecule has 0 unspecified atom stereocenters. The van der Waals surface area contributed by atoms with Crippen LogP contribution in [0.2, 0.25) is 10.0 Å². The van der Waals surface area contributed by atoms with E-state index in [0.29, 0.717) is 27.1 Å². The Balaban J connectivity index is 1.80. The Morgan fingerprint density at radius 1 is 1.03 bits per heavy atom. The van der Waals surface area contributed by atoms with E-state index in [2.05, 4.69) is 5.32 Å². The molecule has 3 rings (SSSR count). The first-order valence-corrected chi connectivity index (χ1v) is 9.60. The summed E-state index contributed by atoms with van der Waals surface area (Å²) in [5.41, 5.74) is 3.85. The molecule has 0 spiro atoms. The van der Waals surface area contributed by atoms with Gasteiger partial charge in [0.05, 0.1) is 5.02 Å². The molecular weight excluding hydrogens is 413 g/mol. The number of hydrogen-bond donors (Lipinski definition) is 1. The molecule has 3 aromatic rings. The maximum absolute atomic E-state index is 12.7. The number of rotatable bonds is 5. The predicted octanol–water partition coefficient (Wildman–Crippen LogP) is 6.19. The average Bonchev–Trinajstić information content (AvgIpc) is 3.15. The molecule has 0 aliphatic heterocycles. The number of esters is 1. The van der Waals surface area contributed by atoms with Crippen LogP contribution in [-0.4, -0.2) is 11.9 Å². The molecule has 5 nitrogen and oxygen atoms in total. The van der Waals surface area contributed by atoms with Gasteiger partial charge in [-0.2, -0.15) is 0 Å². The van der Waals surface area contributed by atoms with Crippen molar-refractivity contribution in [1.29, 1.82) is 0 Å². The Kier molecular flexibility index (Phi) is 6.30. The van der Waals surface area contributed by atoms with Crippen LogP contribution in [-0.2, 0) is 16.1 Å². The third-order valence-corrected chi connectivity index (χ3v) is 4.86. The number of aryl methyl sites for hydroxylation is 2. The molecule has 2 aromatic carbocycles. The quantitative estimate of drug-likeness (QED) is 0.489. The average molecular weight is 432 g/mol. The van der Waals surface area contributed by atoms with Crippen molar-refractivity contribution in [1.82, 2.24) is 0 Å². The van der Waals surface area contributed by atoms with Crippen molar-refractivity contribution in [3.63, 3.8) is 0 Å². The van der Waals surface area contributed by atoms with Crippen molar-refractivity contribution >= 4 is 40.8 Å². The van der Waals surface area contributed by atoms with E-state index in [0.717, 1.165) is 16.7 Å². The van der Waals surface area contributed by atoms with Crippen LogP contribution >= 0.6 is 23.2 Å². The number of ether oxygens (including phenoxy) is 1. The smallest absolute Gasteiger partial charge is 0.302 e. The van der Waals surface area contributed by atoms with E-state index in [4.69, 9.17) is 32.4 Å². The summed E-state index contributed by atoms with van der Waals surface area (Å²) < 4.78 is 10.7. The minimum atomic E-state index is -0.381. The minimum Gasteiger partial charge on any atom is -0.461 e. The zero-order valence-corrected chi connectivity index (χ0v) is 17.6. The first-order valence-electron chi connectivity index (χ1n) is 8.84. The van der Waals surface area contributed by atoms with Crippen LogP contribution in [0.25, 0.3) is 11.3 Å². The lowest BCUT2D eigenvalue weighted by Gasteiger charge is -2.13. The fourth-order valence-corrected chi connectivity index (χ4v) is 3.37. The Morgan fingerprint density at radius 2 is 1.72 bits per heavy atom. The van der Waals surface area contributed by atoms with Gasteiger partial charge in [0.2, 0.25) is 0 Å². The number of halogens is 2. The second-order valence-electron chi connectivity index (χ2n) is 6.63. The van der Waals surface area contributed by atoms with Crippen LogP contribution in [0.5, 0.6) is 0 Å². The van der Waals surface area contributed by atoms with Gasteiger partial charge in [-0.3, -0.25) is 9.59 Å². The number of anilines is 1. The fourth-order valence-electron chi connectivity index (χ4n) is 2.98. The highest BCUT2D eigenvalue weighted by Gasteiger charge is 2.16. The van der Waals surface area contributed by atoms with E-state index in [1.165, 1.54) is 6.92 Å². The zero-order chi connectivity index (χ0) is 21.1. The third-order valence-electron chi connectivity index (χ3n) is 4.30. The SMILES string of the molecule is CC(=O)OCc1cc(C)c(NC(=O)c2ccc(-c3cc(Cl)ccc3Cl)o2)c(C)c1. The van der Waals surface area contributed by atoms with Crippen molar-refractivity contribution in [3.8, 4) is 11.3 Å². The molecule has 7 heteroatoms. The Morgan fingerprint density at radius 3 is 2.38 bits per heavy atom. The molecular formula is C22H19Cl2NO4. The molecule has 0 saturated carbocycles. The summed E-state index contributed by atoms with van der Waals surface area (Å²) in [5, 5.41) is 3.88. The Bertz CT molecular complexity index is 1070. The first-order chi connectivity index (χ1) is 13.7. The molecule has 29 heavy (non-hydrogen) atoms. The number of amides is 1. The van der Waals surface area contributed by atoms with E-state index in [1.807, 2.05) is 26.0 Å². The predicted molar refractivity (Wildman–Crippen MR) is 114 cm³/mol. The molecule has 0 radical (unpaired) electrons. The maximum Gasteiger partial charge on any atom is 0.302 e. The second-order valence-corrected chi connectivity index (χ2v) is 7.47. The number of furan rings is 1. The van der Waals surface area contributed by atoms with Crippen LogP contribution < -0.4 is 5.32 Å². The van der Waals surface area contributed by atoms with Gasteiger partial charge in [0.15, 0.2) is 5.76 Å². The van der Waals surface area contributed by atoms with Crippen LogP contribution in [0, 0.1) is 13.8 Å². The Hall–Kier alpha value is -2.76. The van der Waals surface area contributed by atoms with E-state index in [1.54, 1.807) is 30.3 Å². The molecule has 0 aliphatic rings. The fraction of sp³-hybridized carbons (Fsp3) is 0.182. The van der Waals surface area contributed by atoms with E-state index >= 15 is 0 Å². The first kappa shape index (κ1) is 21.0. The highest BCUT2D eigenvalue weighted by atomic mass is 35.5. The van der Waals surface area contributed by atoms with Gasteiger partial charge in [-0.05, 0) is 60.9 Å². The molecule has 0 bridgehead atoms. The van der Waals surface area contributed by atoms with E-state index < -0.39 is 0 Å². The summed E-state index contributed by atoms with van der Waals surface area (Å²) in [6.07, 6.45) is 0. The summed E-state index contributed by atoms with van der Waals surface area (Å²) in [7, 11) is 0. The molecule has 0 aliphatic carbocycles. The van der Waals surface area contributed by atoms with Gasteiger partial charge in [0.25, 0.3) is 5.91 Å². The summed E-state index contributed by atoms with van der Waals surface area (Å²) in [6.45, 7) is 5.30. The minimum absolute atomic E-state index is 0.152. The van der Waals surface area contributed by atoms with Gasteiger partial charge in [0.1, 0.15) is 12.4 Å². The number of benzene rings is 2. The van der Waals surface area contributed by atoms with Crippen molar-refractivity contribution in [2.45, 2.75) is 27.4 Å². The molecule has 0 atom stereocenters. The van der Waals surface area contributed by atoms with Gasteiger partial charge in [-0.1, -0.05) is 35.3 Å².